The standard InChI is InChI=1S/C21H17N3O4S/c1-12-5-6-15-13(9-12)3-2-4-19(15)23-24-21-17-10-14(29(26,27)28)11-20(25)16(17)7-8-18(21)22/h2-11,25H,22H2,1H3,(H,26,27,28). The molecule has 0 spiro atoms. The normalized spacial score (nSPS) is 12.2. The maximum absolute atomic E-state index is 11.5. The van der Waals surface area contributed by atoms with Crippen molar-refractivity contribution < 1.29 is 18.1 Å². The highest BCUT2D eigenvalue weighted by atomic mass is 32.2. The lowest BCUT2D eigenvalue weighted by atomic mass is 10.1. The highest BCUT2D eigenvalue weighted by Crippen LogP contribution is 2.39. The van der Waals surface area contributed by atoms with Crippen molar-refractivity contribution in [2.45, 2.75) is 11.8 Å². The Hall–Kier alpha value is -3.49. The first-order valence-electron chi connectivity index (χ1n) is 8.68. The average Bonchev–Trinajstić information content (AvgIpc) is 2.66. The highest BCUT2D eigenvalue weighted by Gasteiger charge is 2.16. The molecule has 0 bridgehead atoms. The summed E-state index contributed by atoms with van der Waals surface area (Å²) in [6, 6.07) is 16.9. The van der Waals surface area contributed by atoms with Gasteiger partial charge in [-0.15, -0.1) is 10.2 Å². The number of rotatable bonds is 3. The van der Waals surface area contributed by atoms with Crippen LogP contribution >= 0.6 is 0 Å². The smallest absolute Gasteiger partial charge is 0.294 e. The van der Waals surface area contributed by atoms with Crippen LogP contribution in [0.3, 0.4) is 0 Å². The molecule has 4 aromatic rings. The molecule has 0 aliphatic heterocycles. The van der Waals surface area contributed by atoms with Crippen molar-refractivity contribution in [2.24, 2.45) is 10.2 Å². The number of aryl methyl sites for hydroxylation is 1. The molecule has 0 amide bonds. The van der Waals surface area contributed by atoms with E-state index >= 15 is 0 Å². The largest absolute Gasteiger partial charge is 0.507 e. The van der Waals surface area contributed by atoms with Crippen LogP contribution in [0.5, 0.6) is 5.75 Å². The Balaban J connectivity index is 1.93. The number of phenols is 1. The number of nitrogen functional groups attached to an aromatic ring is 1. The molecule has 29 heavy (non-hydrogen) atoms. The fourth-order valence-corrected chi connectivity index (χ4v) is 3.76. The van der Waals surface area contributed by atoms with E-state index in [4.69, 9.17) is 5.73 Å². The van der Waals surface area contributed by atoms with Gasteiger partial charge in [0.05, 0.1) is 16.3 Å². The van der Waals surface area contributed by atoms with Gasteiger partial charge in [0.2, 0.25) is 0 Å². The predicted octanol–water partition coefficient (Wildman–Crippen LogP) is 5.25. The maximum atomic E-state index is 11.5. The van der Waals surface area contributed by atoms with E-state index in [0.717, 1.165) is 22.4 Å². The number of nitrogens with two attached hydrogens (primary N) is 1. The molecule has 0 aromatic heterocycles. The molecule has 4 rings (SSSR count). The molecular formula is C21H17N3O4S. The average molecular weight is 407 g/mol. The van der Waals surface area contributed by atoms with Crippen molar-refractivity contribution in [3.8, 4) is 5.75 Å². The molecule has 0 fully saturated rings. The van der Waals surface area contributed by atoms with Crippen molar-refractivity contribution in [2.75, 3.05) is 5.73 Å². The van der Waals surface area contributed by atoms with E-state index in [9.17, 15) is 18.1 Å². The molecule has 0 aliphatic rings. The number of fused-ring (bicyclic) bond motifs is 2. The summed E-state index contributed by atoms with van der Waals surface area (Å²) in [6.07, 6.45) is 0. The van der Waals surface area contributed by atoms with Gasteiger partial charge < -0.3 is 10.8 Å². The number of hydrogen-bond acceptors (Lipinski definition) is 6. The molecule has 0 aliphatic carbocycles. The van der Waals surface area contributed by atoms with E-state index < -0.39 is 15.0 Å². The lowest BCUT2D eigenvalue weighted by Crippen LogP contribution is -1.98. The summed E-state index contributed by atoms with van der Waals surface area (Å²) in [4.78, 5) is -0.454. The Morgan fingerprint density at radius 3 is 2.41 bits per heavy atom. The van der Waals surface area contributed by atoms with E-state index in [1.54, 1.807) is 12.1 Å². The summed E-state index contributed by atoms with van der Waals surface area (Å²) >= 11 is 0. The second-order valence-electron chi connectivity index (χ2n) is 6.72. The summed E-state index contributed by atoms with van der Waals surface area (Å²) in [5.74, 6) is -0.313. The van der Waals surface area contributed by atoms with Crippen LogP contribution in [0.25, 0.3) is 21.5 Å². The van der Waals surface area contributed by atoms with Gasteiger partial charge in [-0.1, -0.05) is 35.9 Å². The van der Waals surface area contributed by atoms with Gasteiger partial charge in [-0.25, -0.2) is 0 Å². The van der Waals surface area contributed by atoms with Gasteiger partial charge in [0.1, 0.15) is 11.4 Å². The van der Waals surface area contributed by atoms with Crippen molar-refractivity contribution in [3.05, 3.63) is 66.2 Å². The first kappa shape index (κ1) is 18.9. The van der Waals surface area contributed by atoms with E-state index in [1.165, 1.54) is 6.07 Å². The Kier molecular flexibility index (Phi) is 4.45. The SMILES string of the molecule is Cc1ccc2c(N=Nc3c(N)ccc4c(O)cc(S(=O)(=O)O)cc34)cccc2c1. The number of anilines is 1. The van der Waals surface area contributed by atoms with Gasteiger partial charge >= 0.3 is 0 Å². The maximum Gasteiger partial charge on any atom is 0.294 e. The zero-order valence-electron chi connectivity index (χ0n) is 15.4. The van der Waals surface area contributed by atoms with Crippen LogP contribution in [-0.4, -0.2) is 18.1 Å². The summed E-state index contributed by atoms with van der Waals surface area (Å²) in [7, 11) is -4.52. The third kappa shape index (κ3) is 3.51. The first-order chi connectivity index (χ1) is 13.7. The predicted molar refractivity (Wildman–Crippen MR) is 113 cm³/mol. The third-order valence-corrected chi connectivity index (χ3v) is 5.49. The lowest BCUT2D eigenvalue weighted by Gasteiger charge is -2.09. The molecule has 4 aromatic carbocycles. The molecule has 0 unspecified atom stereocenters. The molecule has 0 radical (unpaired) electrons. The second-order valence-corrected chi connectivity index (χ2v) is 8.14. The van der Waals surface area contributed by atoms with Gasteiger partial charge in [0.15, 0.2) is 0 Å². The number of phenolic OH excluding ortho intramolecular Hbond substituents is 1. The number of hydrogen-bond donors (Lipinski definition) is 3. The second kappa shape index (κ2) is 6.84. The van der Waals surface area contributed by atoms with Crippen molar-refractivity contribution >= 4 is 48.7 Å². The van der Waals surface area contributed by atoms with Crippen LogP contribution < -0.4 is 5.73 Å². The monoisotopic (exact) mass is 407 g/mol. The Morgan fingerprint density at radius 1 is 0.897 bits per heavy atom. The first-order valence-corrected chi connectivity index (χ1v) is 10.1. The Morgan fingerprint density at radius 2 is 1.66 bits per heavy atom. The fourth-order valence-electron chi connectivity index (χ4n) is 3.23. The number of benzene rings is 4. The van der Waals surface area contributed by atoms with Crippen molar-refractivity contribution in [3.63, 3.8) is 0 Å². The quantitative estimate of drug-likeness (QED) is 0.243. The minimum Gasteiger partial charge on any atom is -0.507 e. The van der Waals surface area contributed by atoms with Crippen molar-refractivity contribution in [1.29, 1.82) is 0 Å². The van der Waals surface area contributed by atoms with E-state index in [2.05, 4.69) is 10.2 Å². The molecule has 0 atom stereocenters. The number of azo groups is 1. The van der Waals surface area contributed by atoms with Crippen LogP contribution in [0.1, 0.15) is 5.56 Å². The minimum absolute atomic E-state index is 0.201. The van der Waals surface area contributed by atoms with Gasteiger partial charge in [-0.3, -0.25) is 4.55 Å². The molecular weight excluding hydrogens is 390 g/mol. The summed E-state index contributed by atoms with van der Waals surface area (Å²) in [5, 5.41) is 21.3. The van der Waals surface area contributed by atoms with E-state index in [-0.39, 0.29) is 22.5 Å². The molecule has 0 saturated heterocycles. The molecule has 7 nitrogen and oxygen atoms in total. The van der Waals surface area contributed by atoms with Gasteiger partial charge in [0, 0.05) is 22.2 Å². The molecule has 146 valence electrons. The van der Waals surface area contributed by atoms with Crippen LogP contribution in [-0.2, 0) is 10.1 Å². The topological polar surface area (TPSA) is 125 Å². The van der Waals surface area contributed by atoms with Gasteiger partial charge in [-0.05, 0) is 36.6 Å². The lowest BCUT2D eigenvalue weighted by molar-refractivity contribution is 0.471. The minimum atomic E-state index is -4.52. The zero-order chi connectivity index (χ0) is 20.8. The van der Waals surface area contributed by atoms with Crippen molar-refractivity contribution in [1.82, 2.24) is 0 Å². The summed E-state index contributed by atoms with van der Waals surface area (Å²) in [6.45, 7) is 2.00. The van der Waals surface area contributed by atoms with E-state index in [1.807, 2.05) is 43.3 Å². The molecule has 0 heterocycles. The summed E-state index contributed by atoms with van der Waals surface area (Å²) < 4.78 is 32.4. The Labute approximate surface area is 166 Å². The zero-order valence-corrected chi connectivity index (χ0v) is 16.2. The summed E-state index contributed by atoms with van der Waals surface area (Å²) in [5.41, 5.74) is 8.24. The van der Waals surface area contributed by atoms with Gasteiger partial charge in [0.25, 0.3) is 10.1 Å². The molecule has 4 N–H and O–H groups in total. The van der Waals surface area contributed by atoms with Crippen LogP contribution in [0.2, 0.25) is 0 Å². The molecule has 0 saturated carbocycles. The van der Waals surface area contributed by atoms with Crippen LogP contribution in [0, 0.1) is 6.92 Å². The van der Waals surface area contributed by atoms with Crippen LogP contribution in [0.15, 0.2) is 75.8 Å². The van der Waals surface area contributed by atoms with Gasteiger partial charge in [-0.2, -0.15) is 8.42 Å². The molecule has 8 heteroatoms. The van der Waals surface area contributed by atoms with E-state index in [0.29, 0.717) is 11.1 Å². The highest BCUT2D eigenvalue weighted by molar-refractivity contribution is 7.85. The third-order valence-electron chi connectivity index (χ3n) is 4.66. The van der Waals surface area contributed by atoms with Crippen LogP contribution in [0.4, 0.5) is 17.1 Å². The Bertz CT molecular complexity index is 1410. The number of aromatic hydroxyl groups is 1. The number of nitrogens with zero attached hydrogens (tertiary/aromatic N) is 2. The fraction of sp³-hybridized carbons (Fsp3) is 0.0476.